The monoisotopic (exact) mass is 331 g/mol. The lowest BCUT2D eigenvalue weighted by atomic mass is 9.95. The minimum Gasteiger partial charge on any atom is -0.399 e. The summed E-state index contributed by atoms with van der Waals surface area (Å²) in [4.78, 5) is 26.3. The van der Waals surface area contributed by atoms with E-state index in [4.69, 9.17) is 5.73 Å². The fraction of sp³-hybridized carbons (Fsp3) is 0.579. The third kappa shape index (κ3) is 5.25. The van der Waals surface area contributed by atoms with E-state index in [9.17, 15) is 9.59 Å². The Morgan fingerprint density at radius 3 is 2.62 bits per heavy atom. The summed E-state index contributed by atoms with van der Waals surface area (Å²) in [5, 5.41) is 2.99. The summed E-state index contributed by atoms with van der Waals surface area (Å²) < 4.78 is 0. The molecule has 1 heterocycles. The fourth-order valence-corrected chi connectivity index (χ4v) is 3.09. The number of aryl methyl sites for hydroxylation is 1. The molecule has 0 aromatic heterocycles. The second-order valence-electron chi connectivity index (χ2n) is 6.50. The van der Waals surface area contributed by atoms with Crippen molar-refractivity contribution in [2.75, 3.05) is 25.4 Å². The Kier molecular flexibility index (Phi) is 7.09. The van der Waals surface area contributed by atoms with Crippen LogP contribution in [0.2, 0.25) is 0 Å². The van der Waals surface area contributed by atoms with Crippen LogP contribution >= 0.6 is 0 Å². The van der Waals surface area contributed by atoms with E-state index >= 15 is 0 Å². The van der Waals surface area contributed by atoms with Crippen LogP contribution in [0, 0.1) is 5.92 Å². The van der Waals surface area contributed by atoms with E-state index in [0.717, 1.165) is 43.5 Å². The molecule has 2 amide bonds. The first-order valence-corrected chi connectivity index (χ1v) is 9.00. The zero-order valence-electron chi connectivity index (χ0n) is 14.6. The first-order chi connectivity index (χ1) is 11.6. The number of likely N-dealkylation sites (tertiary alicyclic amines) is 1. The number of nitrogens with zero attached hydrogens (tertiary/aromatic N) is 1. The number of para-hydroxylation sites is 1. The summed E-state index contributed by atoms with van der Waals surface area (Å²) in [7, 11) is 0. The van der Waals surface area contributed by atoms with Gasteiger partial charge < -0.3 is 16.0 Å². The highest BCUT2D eigenvalue weighted by atomic mass is 16.2. The Bertz CT molecular complexity index is 551. The van der Waals surface area contributed by atoms with Crippen LogP contribution in [0.25, 0.3) is 0 Å². The van der Waals surface area contributed by atoms with Crippen molar-refractivity contribution in [3.63, 3.8) is 0 Å². The number of unbranched alkanes of at least 4 members (excludes halogenated alkanes) is 1. The fourth-order valence-electron chi connectivity index (χ4n) is 3.09. The van der Waals surface area contributed by atoms with E-state index in [1.807, 2.05) is 29.2 Å². The third-order valence-corrected chi connectivity index (χ3v) is 4.71. The van der Waals surface area contributed by atoms with Crippen molar-refractivity contribution in [1.82, 2.24) is 10.2 Å². The Morgan fingerprint density at radius 1 is 1.25 bits per heavy atom. The van der Waals surface area contributed by atoms with Crippen molar-refractivity contribution in [3.05, 3.63) is 29.8 Å². The highest BCUT2D eigenvalue weighted by Crippen LogP contribution is 2.19. The molecule has 1 aromatic carbocycles. The van der Waals surface area contributed by atoms with Crippen LogP contribution in [0.15, 0.2) is 24.3 Å². The van der Waals surface area contributed by atoms with Gasteiger partial charge in [-0.3, -0.25) is 9.59 Å². The zero-order valence-corrected chi connectivity index (χ0v) is 14.6. The lowest BCUT2D eigenvalue weighted by molar-refractivity contribution is -0.135. The lowest BCUT2D eigenvalue weighted by Crippen LogP contribution is -2.43. The molecule has 0 spiro atoms. The summed E-state index contributed by atoms with van der Waals surface area (Å²) >= 11 is 0. The van der Waals surface area contributed by atoms with Crippen molar-refractivity contribution in [3.8, 4) is 0 Å². The van der Waals surface area contributed by atoms with Gasteiger partial charge in [-0.05, 0) is 37.3 Å². The Hall–Kier alpha value is -2.04. The maximum atomic E-state index is 12.4. The van der Waals surface area contributed by atoms with Gasteiger partial charge in [0.25, 0.3) is 0 Å². The number of amides is 2. The zero-order chi connectivity index (χ0) is 17.4. The van der Waals surface area contributed by atoms with Crippen molar-refractivity contribution in [2.45, 2.75) is 45.4 Å². The predicted molar refractivity (Wildman–Crippen MR) is 96.4 cm³/mol. The molecule has 0 aliphatic carbocycles. The van der Waals surface area contributed by atoms with Crippen LogP contribution in [0.4, 0.5) is 5.69 Å². The number of hydrogen-bond acceptors (Lipinski definition) is 3. The molecule has 1 aromatic rings. The standard InChI is InChI=1S/C19H29N3O2/c1-2-3-12-21-19(24)16-10-13-22(14-11-16)18(23)9-8-15-6-4-5-7-17(15)20/h4-7,16H,2-3,8-14,20H2,1H3,(H,21,24). The maximum Gasteiger partial charge on any atom is 0.223 e. The summed E-state index contributed by atoms with van der Waals surface area (Å²) in [5.74, 6) is 0.353. The van der Waals surface area contributed by atoms with Crippen molar-refractivity contribution < 1.29 is 9.59 Å². The van der Waals surface area contributed by atoms with Crippen LogP contribution in [-0.4, -0.2) is 36.3 Å². The van der Waals surface area contributed by atoms with Gasteiger partial charge in [0, 0.05) is 37.7 Å². The number of benzene rings is 1. The lowest BCUT2D eigenvalue weighted by Gasteiger charge is -2.31. The molecule has 5 heteroatoms. The minimum absolute atomic E-state index is 0.0515. The molecular weight excluding hydrogens is 302 g/mol. The van der Waals surface area contributed by atoms with Crippen LogP contribution in [-0.2, 0) is 16.0 Å². The van der Waals surface area contributed by atoms with Crippen molar-refractivity contribution in [2.24, 2.45) is 5.92 Å². The number of hydrogen-bond donors (Lipinski definition) is 2. The van der Waals surface area contributed by atoms with E-state index in [-0.39, 0.29) is 17.7 Å². The number of nitrogens with two attached hydrogens (primary N) is 1. The van der Waals surface area contributed by atoms with Crippen molar-refractivity contribution >= 4 is 17.5 Å². The molecule has 1 aliphatic heterocycles. The Labute approximate surface area is 144 Å². The molecule has 132 valence electrons. The molecule has 5 nitrogen and oxygen atoms in total. The number of nitrogen functional groups attached to an aromatic ring is 1. The number of carbonyl (C=O) groups excluding carboxylic acids is 2. The maximum absolute atomic E-state index is 12.4. The van der Waals surface area contributed by atoms with Gasteiger partial charge in [-0.2, -0.15) is 0 Å². The molecule has 1 saturated heterocycles. The van der Waals surface area contributed by atoms with Gasteiger partial charge in [0.15, 0.2) is 0 Å². The van der Waals surface area contributed by atoms with Gasteiger partial charge in [-0.25, -0.2) is 0 Å². The minimum atomic E-state index is 0.0515. The van der Waals surface area contributed by atoms with Crippen LogP contribution in [0.1, 0.15) is 44.6 Å². The molecule has 24 heavy (non-hydrogen) atoms. The van der Waals surface area contributed by atoms with Gasteiger partial charge in [-0.15, -0.1) is 0 Å². The quantitative estimate of drug-likeness (QED) is 0.595. The number of carbonyl (C=O) groups is 2. The van der Waals surface area contributed by atoms with E-state index < -0.39 is 0 Å². The molecule has 0 radical (unpaired) electrons. The van der Waals surface area contributed by atoms with E-state index in [1.54, 1.807) is 0 Å². The average molecular weight is 331 g/mol. The molecule has 0 unspecified atom stereocenters. The number of rotatable bonds is 7. The SMILES string of the molecule is CCCCNC(=O)C1CCN(C(=O)CCc2ccccc2N)CC1. The summed E-state index contributed by atoms with van der Waals surface area (Å²) in [6, 6.07) is 7.67. The third-order valence-electron chi connectivity index (χ3n) is 4.71. The largest absolute Gasteiger partial charge is 0.399 e. The van der Waals surface area contributed by atoms with E-state index in [1.165, 1.54) is 0 Å². The Morgan fingerprint density at radius 2 is 1.96 bits per heavy atom. The molecule has 0 bridgehead atoms. The molecule has 3 N–H and O–H groups in total. The first kappa shape index (κ1) is 18.3. The van der Waals surface area contributed by atoms with Crippen molar-refractivity contribution in [1.29, 1.82) is 0 Å². The highest BCUT2D eigenvalue weighted by Gasteiger charge is 2.26. The molecule has 0 saturated carbocycles. The van der Waals surface area contributed by atoms with Crippen LogP contribution < -0.4 is 11.1 Å². The predicted octanol–water partition coefficient (Wildman–Crippen LogP) is 2.36. The van der Waals surface area contributed by atoms with Gasteiger partial charge in [0.2, 0.25) is 11.8 Å². The summed E-state index contributed by atoms with van der Waals surface area (Å²) in [5.41, 5.74) is 7.68. The second kappa shape index (κ2) is 9.30. The van der Waals surface area contributed by atoms with E-state index in [2.05, 4.69) is 12.2 Å². The average Bonchev–Trinajstić information content (AvgIpc) is 2.61. The molecular formula is C19H29N3O2. The smallest absolute Gasteiger partial charge is 0.223 e. The normalized spacial score (nSPS) is 15.3. The molecule has 1 aliphatic rings. The summed E-state index contributed by atoms with van der Waals surface area (Å²) in [6.07, 6.45) is 4.77. The molecule has 2 rings (SSSR count). The van der Waals surface area contributed by atoms with E-state index in [0.29, 0.717) is 25.9 Å². The molecule has 0 atom stereocenters. The van der Waals surface area contributed by atoms with Gasteiger partial charge in [0.05, 0.1) is 0 Å². The number of piperidine rings is 1. The van der Waals surface area contributed by atoms with Crippen LogP contribution in [0.3, 0.4) is 0 Å². The number of nitrogens with one attached hydrogen (secondary N) is 1. The highest BCUT2D eigenvalue weighted by molar-refractivity contribution is 5.80. The second-order valence-corrected chi connectivity index (χ2v) is 6.50. The van der Waals surface area contributed by atoms with Gasteiger partial charge in [-0.1, -0.05) is 31.5 Å². The van der Waals surface area contributed by atoms with Gasteiger partial charge >= 0.3 is 0 Å². The topological polar surface area (TPSA) is 75.4 Å². The summed E-state index contributed by atoms with van der Waals surface area (Å²) in [6.45, 7) is 4.22. The van der Waals surface area contributed by atoms with Gasteiger partial charge in [0.1, 0.15) is 0 Å². The van der Waals surface area contributed by atoms with Crippen LogP contribution in [0.5, 0.6) is 0 Å². The molecule has 1 fully saturated rings. The first-order valence-electron chi connectivity index (χ1n) is 9.00. The number of anilines is 1. The Balaban J connectivity index is 1.72.